The van der Waals surface area contributed by atoms with E-state index in [-0.39, 0.29) is 5.91 Å². The van der Waals surface area contributed by atoms with E-state index in [0.717, 1.165) is 11.1 Å². The molecule has 0 saturated carbocycles. The highest BCUT2D eigenvalue weighted by molar-refractivity contribution is 6.01. The summed E-state index contributed by atoms with van der Waals surface area (Å²) in [4.78, 5) is 12.0. The number of anilines is 1. The first-order chi connectivity index (χ1) is 14.5. The predicted octanol–water partition coefficient (Wildman–Crippen LogP) is 4.41. The number of allylic oxidation sites excluding steroid dienone is 1. The van der Waals surface area contributed by atoms with Gasteiger partial charge in [0, 0.05) is 0 Å². The maximum atomic E-state index is 12.0. The molecule has 2 rings (SSSR count). The summed E-state index contributed by atoms with van der Waals surface area (Å²) < 4.78 is 27.0. The van der Waals surface area contributed by atoms with Crippen LogP contribution in [0.3, 0.4) is 0 Å². The van der Waals surface area contributed by atoms with Crippen molar-refractivity contribution in [2.24, 2.45) is 0 Å². The zero-order chi connectivity index (χ0) is 22.1. The molecule has 7 heteroatoms. The Hall–Kier alpha value is -3.61. The van der Waals surface area contributed by atoms with E-state index in [0.29, 0.717) is 34.4 Å². The number of amides is 1. The Balaban J connectivity index is 2.47. The molecule has 0 aliphatic rings. The summed E-state index contributed by atoms with van der Waals surface area (Å²) in [5, 5.41) is 2.81. The molecular formula is C23H27NO6. The van der Waals surface area contributed by atoms with Gasteiger partial charge >= 0.3 is 0 Å². The van der Waals surface area contributed by atoms with Crippen LogP contribution >= 0.6 is 0 Å². The van der Waals surface area contributed by atoms with Crippen LogP contribution in [-0.2, 0) is 4.79 Å². The van der Waals surface area contributed by atoms with E-state index in [1.807, 2.05) is 30.4 Å². The summed E-state index contributed by atoms with van der Waals surface area (Å²) in [6.07, 6.45) is 6.87. The lowest BCUT2D eigenvalue weighted by Crippen LogP contribution is -2.09. The lowest BCUT2D eigenvalue weighted by atomic mass is 10.1. The highest BCUT2D eigenvalue weighted by atomic mass is 16.5. The van der Waals surface area contributed by atoms with Gasteiger partial charge in [-0.15, -0.1) is 0 Å². The molecule has 0 atom stereocenters. The minimum absolute atomic E-state index is 0.261. The van der Waals surface area contributed by atoms with Crippen LogP contribution in [0.2, 0.25) is 0 Å². The van der Waals surface area contributed by atoms with Gasteiger partial charge < -0.3 is 29.0 Å². The van der Waals surface area contributed by atoms with Crippen LogP contribution in [0.15, 0.2) is 36.4 Å². The van der Waals surface area contributed by atoms with Crippen molar-refractivity contribution >= 4 is 23.7 Å². The number of benzene rings is 2. The smallest absolute Gasteiger partial charge is 0.248 e. The lowest BCUT2D eigenvalue weighted by Gasteiger charge is -2.14. The summed E-state index contributed by atoms with van der Waals surface area (Å²) >= 11 is 0. The van der Waals surface area contributed by atoms with Gasteiger partial charge in [-0.2, -0.15) is 0 Å². The number of methoxy groups -OCH3 is 5. The molecule has 0 aromatic heterocycles. The van der Waals surface area contributed by atoms with E-state index < -0.39 is 0 Å². The third-order valence-electron chi connectivity index (χ3n) is 4.23. The number of ether oxygens (including phenoxy) is 5. The minimum Gasteiger partial charge on any atom is -0.493 e. The van der Waals surface area contributed by atoms with Crippen molar-refractivity contribution in [3.8, 4) is 28.7 Å². The van der Waals surface area contributed by atoms with Crippen LogP contribution in [0.25, 0.3) is 12.2 Å². The van der Waals surface area contributed by atoms with E-state index >= 15 is 0 Å². The number of nitrogens with one attached hydrogen (secondary N) is 1. The van der Waals surface area contributed by atoms with Crippen LogP contribution < -0.4 is 29.0 Å². The van der Waals surface area contributed by atoms with Crippen molar-refractivity contribution in [1.82, 2.24) is 0 Å². The van der Waals surface area contributed by atoms with Gasteiger partial charge in [0.25, 0.3) is 0 Å². The van der Waals surface area contributed by atoms with Crippen molar-refractivity contribution in [3.05, 3.63) is 47.5 Å². The second-order valence-corrected chi connectivity index (χ2v) is 6.09. The Morgan fingerprint density at radius 3 is 1.63 bits per heavy atom. The zero-order valence-corrected chi connectivity index (χ0v) is 18.1. The number of carbonyl (C=O) groups is 1. The van der Waals surface area contributed by atoms with Gasteiger partial charge in [-0.25, -0.2) is 0 Å². The van der Waals surface area contributed by atoms with Gasteiger partial charge in [0.2, 0.25) is 11.7 Å². The monoisotopic (exact) mass is 413 g/mol. The highest BCUT2D eigenvalue weighted by Gasteiger charge is 2.14. The van der Waals surface area contributed by atoms with Crippen molar-refractivity contribution in [3.63, 3.8) is 0 Å². The summed E-state index contributed by atoms with van der Waals surface area (Å²) in [6, 6.07) is 7.30. The molecule has 2 aromatic rings. The molecule has 0 fully saturated rings. The van der Waals surface area contributed by atoms with Gasteiger partial charge in [0.05, 0.1) is 41.2 Å². The summed E-state index contributed by atoms with van der Waals surface area (Å²) in [5.41, 5.74) is 2.15. The summed E-state index contributed by atoms with van der Waals surface area (Å²) in [7, 11) is 7.76. The SMILES string of the molecule is C/C=C/C(=O)Nc1cc(/C=C\c2cc(OC)c(OC)c(OC)c2)cc(OC)c1OC. The fraction of sp³-hybridized carbons (Fsp3) is 0.261. The van der Waals surface area contributed by atoms with E-state index in [2.05, 4.69) is 5.32 Å². The highest BCUT2D eigenvalue weighted by Crippen LogP contribution is 2.39. The first kappa shape index (κ1) is 22.7. The third-order valence-corrected chi connectivity index (χ3v) is 4.23. The number of rotatable bonds is 9. The van der Waals surface area contributed by atoms with Gasteiger partial charge in [0.1, 0.15) is 0 Å². The standard InChI is InChI=1S/C23H27NO6/c1-7-8-21(25)24-17-11-15(12-18(26-2)22(17)29-5)9-10-16-13-19(27-3)23(30-6)20(14-16)28-4/h7-14H,1-6H3,(H,24,25)/b8-7+,10-9-. The Bertz CT molecular complexity index is 924. The van der Waals surface area contributed by atoms with Crippen LogP contribution in [0.4, 0.5) is 5.69 Å². The van der Waals surface area contributed by atoms with Crippen molar-refractivity contribution < 1.29 is 28.5 Å². The molecule has 0 unspecified atom stereocenters. The first-order valence-electron chi connectivity index (χ1n) is 9.19. The van der Waals surface area contributed by atoms with Crippen LogP contribution in [-0.4, -0.2) is 41.5 Å². The molecule has 0 bridgehead atoms. The van der Waals surface area contributed by atoms with E-state index in [1.165, 1.54) is 13.2 Å². The van der Waals surface area contributed by atoms with Gasteiger partial charge in [-0.05, 0) is 48.4 Å². The molecular weight excluding hydrogens is 386 g/mol. The van der Waals surface area contributed by atoms with Crippen LogP contribution in [0, 0.1) is 0 Å². The molecule has 160 valence electrons. The number of hydrogen-bond donors (Lipinski definition) is 1. The Morgan fingerprint density at radius 1 is 0.733 bits per heavy atom. The molecule has 0 heterocycles. The average Bonchev–Trinajstić information content (AvgIpc) is 2.76. The third kappa shape index (κ3) is 5.26. The van der Waals surface area contributed by atoms with Crippen molar-refractivity contribution in [2.75, 3.05) is 40.9 Å². The average molecular weight is 413 g/mol. The Morgan fingerprint density at radius 2 is 1.20 bits per heavy atom. The number of carbonyl (C=O) groups excluding carboxylic acids is 1. The molecule has 1 amide bonds. The van der Waals surface area contributed by atoms with Crippen molar-refractivity contribution in [1.29, 1.82) is 0 Å². The normalized spacial score (nSPS) is 10.9. The summed E-state index contributed by atoms with van der Waals surface area (Å²) in [6.45, 7) is 1.77. The quantitative estimate of drug-likeness (QED) is 0.485. The first-order valence-corrected chi connectivity index (χ1v) is 9.19. The van der Waals surface area contributed by atoms with E-state index in [1.54, 1.807) is 47.5 Å². The molecule has 1 N–H and O–H groups in total. The van der Waals surface area contributed by atoms with Crippen LogP contribution in [0.5, 0.6) is 28.7 Å². The lowest BCUT2D eigenvalue weighted by molar-refractivity contribution is -0.111. The molecule has 0 saturated heterocycles. The predicted molar refractivity (Wildman–Crippen MR) is 118 cm³/mol. The Kier molecular flexibility index (Phi) is 8.17. The molecule has 7 nitrogen and oxygen atoms in total. The molecule has 30 heavy (non-hydrogen) atoms. The van der Waals surface area contributed by atoms with Crippen LogP contribution in [0.1, 0.15) is 18.1 Å². The maximum Gasteiger partial charge on any atom is 0.248 e. The fourth-order valence-electron chi connectivity index (χ4n) is 2.89. The zero-order valence-electron chi connectivity index (χ0n) is 18.1. The van der Waals surface area contributed by atoms with Gasteiger partial charge in [0.15, 0.2) is 23.0 Å². The van der Waals surface area contributed by atoms with Gasteiger partial charge in [-0.1, -0.05) is 18.2 Å². The molecule has 0 spiro atoms. The maximum absolute atomic E-state index is 12.0. The molecule has 0 radical (unpaired) electrons. The molecule has 0 aliphatic heterocycles. The minimum atomic E-state index is -0.261. The topological polar surface area (TPSA) is 75.3 Å². The van der Waals surface area contributed by atoms with Gasteiger partial charge in [-0.3, -0.25) is 4.79 Å². The Labute approximate surface area is 176 Å². The second kappa shape index (κ2) is 10.8. The fourth-order valence-corrected chi connectivity index (χ4v) is 2.89. The second-order valence-electron chi connectivity index (χ2n) is 6.09. The van der Waals surface area contributed by atoms with Crippen molar-refractivity contribution in [2.45, 2.75) is 6.92 Å². The van der Waals surface area contributed by atoms with E-state index in [9.17, 15) is 4.79 Å². The molecule has 0 aliphatic carbocycles. The summed E-state index contributed by atoms with van der Waals surface area (Å²) in [5.74, 6) is 2.33. The van der Waals surface area contributed by atoms with E-state index in [4.69, 9.17) is 23.7 Å². The number of hydrogen-bond acceptors (Lipinski definition) is 6. The molecule has 2 aromatic carbocycles. The largest absolute Gasteiger partial charge is 0.493 e.